The molecule has 2 fully saturated rings. The van der Waals surface area contributed by atoms with Gasteiger partial charge in [-0.05, 0) is 24.0 Å². The average molecular weight is 393 g/mol. The van der Waals surface area contributed by atoms with Crippen molar-refractivity contribution in [2.45, 2.75) is 24.5 Å². The summed E-state index contributed by atoms with van der Waals surface area (Å²) in [5.41, 5.74) is -0.0623. The van der Waals surface area contributed by atoms with Gasteiger partial charge in [0.2, 0.25) is 5.91 Å². The van der Waals surface area contributed by atoms with Gasteiger partial charge >= 0.3 is 6.03 Å². The first-order valence-electron chi connectivity index (χ1n) is 9.75. The first-order valence-corrected chi connectivity index (χ1v) is 9.75. The van der Waals surface area contributed by atoms with Crippen molar-refractivity contribution in [3.05, 3.63) is 71.8 Å². The zero-order chi connectivity index (χ0) is 20.3. The molecular weight excluding hydrogens is 370 g/mol. The van der Waals surface area contributed by atoms with Crippen molar-refractivity contribution in [1.29, 1.82) is 0 Å². The van der Waals surface area contributed by atoms with Crippen LogP contribution in [0, 0.1) is 0 Å². The minimum atomic E-state index is -1.35. The molecule has 2 saturated heterocycles. The van der Waals surface area contributed by atoms with E-state index in [9.17, 15) is 14.4 Å². The van der Waals surface area contributed by atoms with Crippen LogP contribution < -0.4 is 10.6 Å². The Bertz CT molecular complexity index is 855. The molecular formula is C22H23N3O4. The number of hydrogen-bond donors (Lipinski definition) is 2. The quantitative estimate of drug-likeness (QED) is 0.733. The van der Waals surface area contributed by atoms with Crippen LogP contribution in [0.4, 0.5) is 4.79 Å². The Morgan fingerprint density at radius 3 is 2.24 bits per heavy atom. The summed E-state index contributed by atoms with van der Waals surface area (Å²) in [4.78, 5) is 39.6. The molecule has 0 aliphatic carbocycles. The summed E-state index contributed by atoms with van der Waals surface area (Å²) in [5, 5.41) is 5.60. The number of nitrogens with zero attached hydrogens (tertiary/aromatic N) is 1. The molecule has 1 atom stereocenters. The Morgan fingerprint density at radius 1 is 1.07 bits per heavy atom. The minimum Gasteiger partial charge on any atom is -0.376 e. The van der Waals surface area contributed by atoms with Gasteiger partial charge in [0.1, 0.15) is 6.54 Å². The largest absolute Gasteiger partial charge is 0.376 e. The molecule has 2 aromatic carbocycles. The van der Waals surface area contributed by atoms with E-state index in [2.05, 4.69) is 10.6 Å². The van der Waals surface area contributed by atoms with Crippen molar-refractivity contribution in [2.24, 2.45) is 0 Å². The number of nitrogens with one attached hydrogen (secondary N) is 2. The maximum absolute atomic E-state index is 13.5. The Kier molecular flexibility index (Phi) is 5.31. The molecule has 0 aromatic heterocycles. The van der Waals surface area contributed by atoms with Crippen LogP contribution in [0.2, 0.25) is 0 Å². The molecule has 0 radical (unpaired) electrons. The molecule has 2 aromatic rings. The van der Waals surface area contributed by atoms with Gasteiger partial charge in [-0.15, -0.1) is 0 Å². The predicted molar refractivity (Wildman–Crippen MR) is 106 cm³/mol. The normalized spacial score (nSPS) is 20.6. The second kappa shape index (κ2) is 8.05. The van der Waals surface area contributed by atoms with Gasteiger partial charge in [0.25, 0.3) is 5.91 Å². The number of imide groups is 1. The molecule has 2 N–H and O–H groups in total. The second-order valence-corrected chi connectivity index (χ2v) is 7.24. The fourth-order valence-corrected chi connectivity index (χ4v) is 3.89. The molecule has 150 valence electrons. The van der Waals surface area contributed by atoms with Crippen LogP contribution in [0.3, 0.4) is 0 Å². The third-order valence-electron chi connectivity index (χ3n) is 5.37. The third kappa shape index (κ3) is 3.61. The lowest BCUT2D eigenvalue weighted by Crippen LogP contribution is -2.46. The van der Waals surface area contributed by atoms with E-state index in [4.69, 9.17) is 4.74 Å². The lowest BCUT2D eigenvalue weighted by molar-refractivity contribution is -0.134. The SMILES string of the molecule is O=C(CN1C(=O)NC(c2ccccc2)(c2ccccc2)C1=O)NCC1CCCO1. The lowest BCUT2D eigenvalue weighted by Gasteiger charge is -2.28. The summed E-state index contributed by atoms with van der Waals surface area (Å²) in [5.74, 6) is -0.854. The van der Waals surface area contributed by atoms with Crippen molar-refractivity contribution in [3.63, 3.8) is 0 Å². The van der Waals surface area contributed by atoms with E-state index in [1.807, 2.05) is 36.4 Å². The molecule has 2 aliphatic heterocycles. The highest BCUT2D eigenvalue weighted by Gasteiger charge is 2.54. The maximum Gasteiger partial charge on any atom is 0.326 e. The first kappa shape index (κ1) is 19.1. The van der Waals surface area contributed by atoms with E-state index in [0.29, 0.717) is 24.3 Å². The van der Waals surface area contributed by atoms with Crippen molar-refractivity contribution in [3.8, 4) is 0 Å². The van der Waals surface area contributed by atoms with Crippen molar-refractivity contribution in [2.75, 3.05) is 19.7 Å². The Morgan fingerprint density at radius 2 is 1.69 bits per heavy atom. The minimum absolute atomic E-state index is 0.00483. The van der Waals surface area contributed by atoms with E-state index in [1.165, 1.54) is 0 Å². The Balaban J connectivity index is 1.57. The molecule has 0 bridgehead atoms. The van der Waals surface area contributed by atoms with Crippen LogP contribution in [0.25, 0.3) is 0 Å². The molecule has 29 heavy (non-hydrogen) atoms. The van der Waals surface area contributed by atoms with Crippen molar-refractivity contribution >= 4 is 17.8 Å². The molecule has 2 aliphatic rings. The topological polar surface area (TPSA) is 87.7 Å². The van der Waals surface area contributed by atoms with Crippen LogP contribution in [0.1, 0.15) is 24.0 Å². The number of hydrogen-bond acceptors (Lipinski definition) is 4. The smallest absolute Gasteiger partial charge is 0.326 e. The maximum atomic E-state index is 13.5. The van der Waals surface area contributed by atoms with Gasteiger partial charge in [-0.25, -0.2) is 4.79 Å². The van der Waals surface area contributed by atoms with Gasteiger partial charge in [0.05, 0.1) is 6.10 Å². The van der Waals surface area contributed by atoms with Crippen LogP contribution >= 0.6 is 0 Å². The summed E-state index contributed by atoms with van der Waals surface area (Å²) < 4.78 is 5.49. The summed E-state index contributed by atoms with van der Waals surface area (Å²) in [6, 6.07) is 17.6. The number of ether oxygens (including phenoxy) is 1. The standard InChI is InChI=1S/C22H23N3O4/c26-19(23-14-18-12-7-13-29-18)15-25-20(27)22(24-21(25)28,16-8-3-1-4-9-16)17-10-5-2-6-11-17/h1-6,8-11,18H,7,12-15H2,(H,23,26)(H,24,28). The number of carbonyl (C=O) groups is 3. The van der Waals surface area contributed by atoms with Crippen LogP contribution in [0.15, 0.2) is 60.7 Å². The highest BCUT2D eigenvalue weighted by Crippen LogP contribution is 2.35. The number of rotatable bonds is 6. The van der Waals surface area contributed by atoms with Gasteiger partial charge < -0.3 is 15.4 Å². The summed E-state index contributed by atoms with van der Waals surface area (Å²) in [6.45, 7) is 0.744. The Hall–Kier alpha value is -3.19. The van der Waals surface area contributed by atoms with Crippen molar-refractivity contribution < 1.29 is 19.1 Å². The van der Waals surface area contributed by atoms with Gasteiger partial charge in [-0.2, -0.15) is 0 Å². The molecule has 4 amide bonds. The van der Waals surface area contributed by atoms with E-state index < -0.39 is 17.5 Å². The second-order valence-electron chi connectivity index (χ2n) is 7.24. The average Bonchev–Trinajstić information content (AvgIpc) is 3.36. The van der Waals surface area contributed by atoms with Crippen LogP contribution in [-0.2, 0) is 19.9 Å². The fourth-order valence-electron chi connectivity index (χ4n) is 3.89. The zero-order valence-corrected chi connectivity index (χ0v) is 16.0. The lowest BCUT2D eigenvalue weighted by atomic mass is 9.82. The zero-order valence-electron chi connectivity index (χ0n) is 16.0. The van der Waals surface area contributed by atoms with E-state index in [0.717, 1.165) is 17.7 Å². The summed E-state index contributed by atoms with van der Waals surface area (Å²) in [6.07, 6.45) is 1.87. The van der Waals surface area contributed by atoms with Crippen LogP contribution in [0.5, 0.6) is 0 Å². The molecule has 0 saturated carbocycles. The van der Waals surface area contributed by atoms with E-state index >= 15 is 0 Å². The molecule has 4 rings (SSSR count). The highest BCUT2D eigenvalue weighted by atomic mass is 16.5. The molecule has 1 unspecified atom stereocenters. The third-order valence-corrected chi connectivity index (χ3v) is 5.37. The first-order chi connectivity index (χ1) is 14.1. The van der Waals surface area contributed by atoms with Gasteiger partial charge in [-0.3, -0.25) is 14.5 Å². The summed E-state index contributed by atoms with van der Waals surface area (Å²) >= 11 is 0. The monoisotopic (exact) mass is 393 g/mol. The molecule has 2 heterocycles. The fraction of sp³-hybridized carbons (Fsp3) is 0.318. The van der Waals surface area contributed by atoms with Gasteiger partial charge in [-0.1, -0.05) is 60.7 Å². The van der Waals surface area contributed by atoms with E-state index in [-0.39, 0.29) is 18.6 Å². The van der Waals surface area contributed by atoms with E-state index in [1.54, 1.807) is 24.3 Å². The predicted octanol–water partition coefficient (Wildman–Crippen LogP) is 1.78. The number of amides is 4. The summed E-state index contributed by atoms with van der Waals surface area (Å²) in [7, 11) is 0. The number of urea groups is 1. The molecule has 0 spiro atoms. The molecule has 7 heteroatoms. The molecule has 7 nitrogen and oxygen atoms in total. The number of carbonyl (C=O) groups excluding carboxylic acids is 3. The Labute approximate surface area is 169 Å². The van der Waals surface area contributed by atoms with Crippen LogP contribution in [-0.4, -0.2) is 48.5 Å². The van der Waals surface area contributed by atoms with Crippen molar-refractivity contribution in [1.82, 2.24) is 15.5 Å². The van der Waals surface area contributed by atoms with Gasteiger partial charge in [0, 0.05) is 13.2 Å². The number of benzene rings is 2. The highest BCUT2D eigenvalue weighted by molar-refractivity contribution is 6.11. The van der Waals surface area contributed by atoms with Gasteiger partial charge in [0.15, 0.2) is 5.54 Å².